The van der Waals surface area contributed by atoms with Crippen LogP contribution in [-0.2, 0) is 24.5 Å². The van der Waals surface area contributed by atoms with Crippen molar-refractivity contribution in [1.82, 2.24) is 29.9 Å². The van der Waals surface area contributed by atoms with Crippen LogP contribution in [0.4, 0.5) is 5.82 Å². The maximum Gasteiger partial charge on any atom is 0.245 e. The number of likely N-dealkylation sites (N-methyl/N-ethyl adjacent to an activating group) is 1. The number of amides is 1. The fourth-order valence-corrected chi connectivity index (χ4v) is 3.39. The fourth-order valence-electron chi connectivity index (χ4n) is 3.39. The second kappa shape index (κ2) is 8.11. The SMILES string of the molecule is CN1C(=O)[C@@H](NC(O)c2ncn(Cc3ccccc3)n2)CCn2nc(CO)cc21. The summed E-state index contributed by atoms with van der Waals surface area (Å²) in [5.74, 6) is 0.625. The summed E-state index contributed by atoms with van der Waals surface area (Å²) in [6.45, 7) is 0.839. The summed E-state index contributed by atoms with van der Waals surface area (Å²) in [4.78, 5) is 18.5. The Morgan fingerprint density at radius 3 is 2.83 bits per heavy atom. The van der Waals surface area contributed by atoms with Crippen molar-refractivity contribution in [3.05, 3.63) is 59.8 Å². The molecular formula is C19H23N7O3. The molecule has 0 fully saturated rings. The van der Waals surface area contributed by atoms with Crippen molar-refractivity contribution < 1.29 is 15.0 Å². The smallest absolute Gasteiger partial charge is 0.245 e. The summed E-state index contributed by atoms with van der Waals surface area (Å²) < 4.78 is 3.33. The largest absolute Gasteiger partial charge is 0.390 e. The normalized spacial score (nSPS) is 17.8. The zero-order chi connectivity index (χ0) is 20.4. The van der Waals surface area contributed by atoms with Crippen molar-refractivity contribution in [1.29, 1.82) is 0 Å². The van der Waals surface area contributed by atoms with Gasteiger partial charge in [-0.15, -0.1) is 0 Å². The molecule has 0 saturated carbocycles. The van der Waals surface area contributed by atoms with Crippen molar-refractivity contribution in [2.24, 2.45) is 0 Å². The maximum absolute atomic E-state index is 12.8. The van der Waals surface area contributed by atoms with E-state index in [1.54, 1.807) is 28.8 Å². The van der Waals surface area contributed by atoms with Crippen molar-refractivity contribution in [2.75, 3.05) is 11.9 Å². The molecule has 0 saturated heterocycles. The molecule has 4 rings (SSSR count). The van der Waals surface area contributed by atoms with E-state index in [1.807, 2.05) is 30.3 Å². The topological polar surface area (TPSA) is 121 Å². The van der Waals surface area contributed by atoms with Crippen LogP contribution in [0.25, 0.3) is 0 Å². The Kier molecular flexibility index (Phi) is 5.38. The summed E-state index contributed by atoms with van der Waals surface area (Å²) in [6, 6.07) is 10.9. The molecule has 0 aliphatic carbocycles. The minimum atomic E-state index is -1.17. The van der Waals surface area contributed by atoms with Gasteiger partial charge >= 0.3 is 0 Å². The van der Waals surface area contributed by atoms with Gasteiger partial charge < -0.3 is 10.2 Å². The number of benzene rings is 1. The third-order valence-electron chi connectivity index (χ3n) is 4.92. The van der Waals surface area contributed by atoms with E-state index < -0.39 is 12.3 Å². The summed E-state index contributed by atoms with van der Waals surface area (Å²) >= 11 is 0. The summed E-state index contributed by atoms with van der Waals surface area (Å²) in [5.41, 5.74) is 1.59. The van der Waals surface area contributed by atoms with Crippen molar-refractivity contribution in [3.63, 3.8) is 0 Å². The number of aryl methyl sites for hydroxylation is 1. The number of carbonyl (C=O) groups excluding carboxylic acids is 1. The van der Waals surface area contributed by atoms with Gasteiger partial charge in [0.25, 0.3) is 0 Å². The van der Waals surface area contributed by atoms with Gasteiger partial charge in [0, 0.05) is 19.7 Å². The molecule has 1 unspecified atom stereocenters. The second-order valence-corrected chi connectivity index (χ2v) is 6.97. The highest BCUT2D eigenvalue weighted by Crippen LogP contribution is 2.22. The molecule has 152 valence electrons. The monoisotopic (exact) mass is 397 g/mol. The number of aliphatic hydroxyl groups excluding tert-OH is 2. The van der Waals surface area contributed by atoms with E-state index in [2.05, 4.69) is 20.5 Å². The lowest BCUT2D eigenvalue weighted by molar-refractivity contribution is -0.121. The molecule has 0 bridgehead atoms. The van der Waals surface area contributed by atoms with Crippen LogP contribution >= 0.6 is 0 Å². The Hall–Kier alpha value is -3.08. The van der Waals surface area contributed by atoms with E-state index in [0.717, 1.165) is 5.56 Å². The molecule has 3 N–H and O–H groups in total. The fraction of sp³-hybridized carbons (Fsp3) is 0.368. The molecule has 1 amide bonds. The first-order valence-electron chi connectivity index (χ1n) is 9.37. The maximum atomic E-state index is 12.8. The van der Waals surface area contributed by atoms with Gasteiger partial charge in [0.05, 0.1) is 24.9 Å². The predicted molar refractivity (Wildman–Crippen MR) is 104 cm³/mol. The van der Waals surface area contributed by atoms with E-state index in [4.69, 9.17) is 0 Å². The van der Waals surface area contributed by atoms with Crippen LogP contribution in [0.1, 0.15) is 29.7 Å². The molecule has 2 atom stereocenters. The summed E-state index contributed by atoms with van der Waals surface area (Å²) in [6.07, 6.45) is 0.818. The molecule has 0 radical (unpaired) electrons. The first kappa shape index (κ1) is 19.2. The summed E-state index contributed by atoms with van der Waals surface area (Å²) in [5, 5.41) is 31.3. The van der Waals surface area contributed by atoms with Crippen LogP contribution in [0, 0.1) is 0 Å². The van der Waals surface area contributed by atoms with E-state index in [-0.39, 0.29) is 18.3 Å². The van der Waals surface area contributed by atoms with Crippen LogP contribution in [0.3, 0.4) is 0 Å². The van der Waals surface area contributed by atoms with E-state index in [9.17, 15) is 15.0 Å². The van der Waals surface area contributed by atoms with Gasteiger partial charge in [-0.2, -0.15) is 10.2 Å². The average Bonchev–Trinajstić information content (AvgIpc) is 3.35. The van der Waals surface area contributed by atoms with E-state index in [0.29, 0.717) is 31.0 Å². The van der Waals surface area contributed by atoms with Gasteiger partial charge in [-0.3, -0.25) is 15.0 Å². The van der Waals surface area contributed by atoms with Gasteiger partial charge in [0.15, 0.2) is 12.1 Å². The molecule has 1 aliphatic heterocycles. The van der Waals surface area contributed by atoms with Gasteiger partial charge in [-0.25, -0.2) is 14.3 Å². The highest BCUT2D eigenvalue weighted by Gasteiger charge is 2.31. The number of nitrogens with one attached hydrogen (secondary N) is 1. The molecule has 10 nitrogen and oxygen atoms in total. The van der Waals surface area contributed by atoms with Crippen LogP contribution < -0.4 is 10.2 Å². The Balaban J connectivity index is 1.42. The number of aromatic nitrogens is 5. The van der Waals surface area contributed by atoms with Crippen molar-refractivity contribution in [2.45, 2.75) is 38.4 Å². The lowest BCUT2D eigenvalue weighted by Crippen LogP contribution is -2.45. The average molecular weight is 397 g/mol. The van der Waals surface area contributed by atoms with Crippen molar-refractivity contribution >= 4 is 11.7 Å². The molecule has 1 aromatic carbocycles. The molecule has 2 aromatic heterocycles. The first-order chi connectivity index (χ1) is 14.0. The Labute approximate surface area is 167 Å². The molecule has 1 aliphatic rings. The highest BCUT2D eigenvalue weighted by molar-refractivity contribution is 5.96. The highest BCUT2D eigenvalue weighted by atomic mass is 16.3. The zero-order valence-corrected chi connectivity index (χ0v) is 16.0. The van der Waals surface area contributed by atoms with Gasteiger partial charge in [0.1, 0.15) is 12.1 Å². The molecule has 10 heteroatoms. The number of carbonyl (C=O) groups is 1. The first-order valence-corrected chi connectivity index (χ1v) is 9.37. The third kappa shape index (κ3) is 4.04. The van der Waals surface area contributed by atoms with Crippen LogP contribution in [0.5, 0.6) is 0 Å². The number of rotatable bonds is 6. The van der Waals surface area contributed by atoms with Crippen LogP contribution in [0.15, 0.2) is 42.7 Å². The number of fused-ring (bicyclic) bond motifs is 1. The Bertz CT molecular complexity index is 985. The van der Waals surface area contributed by atoms with Gasteiger partial charge in [0.2, 0.25) is 5.91 Å². The van der Waals surface area contributed by atoms with Gasteiger partial charge in [-0.1, -0.05) is 30.3 Å². The number of aliphatic hydroxyl groups is 2. The third-order valence-corrected chi connectivity index (χ3v) is 4.92. The minimum Gasteiger partial charge on any atom is -0.390 e. The summed E-state index contributed by atoms with van der Waals surface area (Å²) in [7, 11) is 1.65. The molecule has 3 heterocycles. The lowest BCUT2D eigenvalue weighted by atomic mass is 10.2. The van der Waals surface area contributed by atoms with Crippen molar-refractivity contribution in [3.8, 4) is 0 Å². The molecule has 3 aromatic rings. The number of hydrogen-bond donors (Lipinski definition) is 3. The predicted octanol–water partition coefficient (Wildman–Crippen LogP) is 0.0310. The van der Waals surface area contributed by atoms with Gasteiger partial charge in [-0.05, 0) is 12.0 Å². The van der Waals surface area contributed by atoms with E-state index in [1.165, 1.54) is 4.90 Å². The van der Waals surface area contributed by atoms with Crippen LogP contribution in [0.2, 0.25) is 0 Å². The van der Waals surface area contributed by atoms with E-state index >= 15 is 0 Å². The molecule has 29 heavy (non-hydrogen) atoms. The zero-order valence-electron chi connectivity index (χ0n) is 16.0. The Morgan fingerprint density at radius 1 is 1.28 bits per heavy atom. The number of nitrogens with zero attached hydrogens (tertiary/aromatic N) is 6. The van der Waals surface area contributed by atoms with Crippen LogP contribution in [-0.4, -0.2) is 53.8 Å². The standard InChI is InChI=1S/C19H23N7O3/c1-24-16-9-14(11-27)22-26(16)8-7-15(19(24)29)21-18(28)17-20-12-25(23-17)10-13-5-3-2-4-6-13/h2-6,9,12,15,18,21,27-28H,7-8,10-11H2,1H3/t15-,18?/m0/s1. The quantitative estimate of drug-likeness (QED) is 0.502. The Morgan fingerprint density at radius 2 is 2.07 bits per heavy atom. The second-order valence-electron chi connectivity index (χ2n) is 6.97. The number of anilines is 1. The molecular weight excluding hydrogens is 374 g/mol. The lowest BCUT2D eigenvalue weighted by Gasteiger charge is -2.22. The number of hydrogen-bond acceptors (Lipinski definition) is 7. The minimum absolute atomic E-state index is 0.181. The molecule has 0 spiro atoms.